The molecule has 4 heteroatoms. The Labute approximate surface area is 121 Å². The second kappa shape index (κ2) is 8.72. The number of rotatable bonds is 8. The van der Waals surface area contributed by atoms with E-state index in [0.717, 1.165) is 24.2 Å². The summed E-state index contributed by atoms with van der Waals surface area (Å²) >= 11 is 0. The Bertz CT molecular complexity index is 421. The fraction of sp³-hybridized carbons (Fsp3) is 0.562. The highest BCUT2D eigenvalue weighted by atomic mass is 16.3. The minimum absolute atomic E-state index is 0.0223. The molecule has 0 aromatic heterocycles. The lowest BCUT2D eigenvalue weighted by atomic mass is 10.1. The highest BCUT2D eigenvalue weighted by Crippen LogP contribution is 2.13. The van der Waals surface area contributed by atoms with E-state index in [-0.39, 0.29) is 18.6 Å². The molecule has 0 saturated carbocycles. The maximum Gasteiger partial charge on any atom is 0.225 e. The summed E-state index contributed by atoms with van der Waals surface area (Å²) in [7, 11) is 0. The molecule has 1 amide bonds. The van der Waals surface area contributed by atoms with E-state index in [4.69, 9.17) is 5.11 Å². The van der Waals surface area contributed by atoms with Crippen molar-refractivity contribution in [3.05, 3.63) is 29.8 Å². The fourth-order valence-electron chi connectivity index (χ4n) is 1.99. The van der Waals surface area contributed by atoms with Gasteiger partial charge in [0, 0.05) is 24.8 Å². The van der Waals surface area contributed by atoms with Gasteiger partial charge in [-0.1, -0.05) is 25.1 Å². The van der Waals surface area contributed by atoms with Gasteiger partial charge in [0.1, 0.15) is 0 Å². The van der Waals surface area contributed by atoms with Gasteiger partial charge in [0.05, 0.1) is 0 Å². The van der Waals surface area contributed by atoms with Crippen molar-refractivity contribution in [2.75, 3.05) is 18.5 Å². The van der Waals surface area contributed by atoms with Gasteiger partial charge in [0.2, 0.25) is 5.91 Å². The van der Waals surface area contributed by atoms with E-state index >= 15 is 0 Å². The zero-order valence-electron chi connectivity index (χ0n) is 12.6. The molecule has 1 aromatic carbocycles. The minimum atomic E-state index is 0.0223. The number of amides is 1. The van der Waals surface area contributed by atoms with Crippen LogP contribution >= 0.6 is 0 Å². The van der Waals surface area contributed by atoms with Crippen LogP contribution in [0.3, 0.4) is 0 Å². The monoisotopic (exact) mass is 278 g/mol. The van der Waals surface area contributed by atoms with E-state index in [2.05, 4.69) is 17.6 Å². The number of aliphatic hydroxyl groups excluding tert-OH is 1. The summed E-state index contributed by atoms with van der Waals surface area (Å²) in [5, 5.41) is 15.1. The third-order valence-electron chi connectivity index (χ3n) is 3.35. The van der Waals surface area contributed by atoms with Crippen LogP contribution in [0.2, 0.25) is 0 Å². The summed E-state index contributed by atoms with van der Waals surface area (Å²) in [5.74, 6) is 0.441. The smallest absolute Gasteiger partial charge is 0.225 e. The predicted molar refractivity (Wildman–Crippen MR) is 82.8 cm³/mol. The van der Waals surface area contributed by atoms with E-state index in [9.17, 15) is 4.79 Å². The first-order valence-electron chi connectivity index (χ1n) is 7.22. The number of nitrogens with one attached hydrogen (secondary N) is 2. The number of hydrogen-bond donors (Lipinski definition) is 3. The quantitative estimate of drug-likeness (QED) is 0.684. The number of benzene rings is 1. The van der Waals surface area contributed by atoms with Crippen molar-refractivity contribution in [1.29, 1.82) is 0 Å². The molecule has 0 heterocycles. The lowest BCUT2D eigenvalue weighted by Crippen LogP contribution is -2.34. The van der Waals surface area contributed by atoms with Crippen molar-refractivity contribution < 1.29 is 9.90 Å². The van der Waals surface area contributed by atoms with Gasteiger partial charge in [-0.15, -0.1) is 0 Å². The Morgan fingerprint density at radius 1 is 1.30 bits per heavy atom. The highest BCUT2D eigenvalue weighted by molar-refractivity contribution is 5.91. The van der Waals surface area contributed by atoms with Crippen molar-refractivity contribution >= 4 is 11.6 Å². The summed E-state index contributed by atoms with van der Waals surface area (Å²) in [5.41, 5.74) is 1.94. The molecule has 0 bridgehead atoms. The molecule has 3 N–H and O–H groups in total. The fourth-order valence-corrected chi connectivity index (χ4v) is 1.99. The second-order valence-corrected chi connectivity index (χ2v) is 5.49. The van der Waals surface area contributed by atoms with Gasteiger partial charge in [0.15, 0.2) is 0 Å². The first-order chi connectivity index (χ1) is 9.52. The molecule has 0 fully saturated rings. The summed E-state index contributed by atoms with van der Waals surface area (Å²) in [6.07, 6.45) is 1.23. The van der Waals surface area contributed by atoms with Crippen LogP contribution in [0.1, 0.15) is 32.3 Å². The largest absolute Gasteiger partial charge is 0.396 e. The zero-order valence-corrected chi connectivity index (χ0v) is 12.6. The standard InChI is InChI=1S/C16H26N2O2/c1-12(8-9-19)11-17-14(3)10-16(20)18-15-7-5-4-6-13(15)2/h4-7,12,14,17,19H,8-11H2,1-3H3,(H,18,20). The molecule has 0 aliphatic carbocycles. The highest BCUT2D eigenvalue weighted by Gasteiger charge is 2.11. The number of hydrogen-bond acceptors (Lipinski definition) is 3. The Morgan fingerprint density at radius 2 is 2.00 bits per heavy atom. The topological polar surface area (TPSA) is 61.4 Å². The summed E-state index contributed by atoms with van der Waals surface area (Å²) < 4.78 is 0. The van der Waals surface area contributed by atoms with Crippen LogP contribution in [0.5, 0.6) is 0 Å². The first kappa shape index (κ1) is 16.7. The van der Waals surface area contributed by atoms with Gasteiger partial charge in [-0.05, 0) is 44.4 Å². The van der Waals surface area contributed by atoms with Gasteiger partial charge in [-0.3, -0.25) is 4.79 Å². The first-order valence-corrected chi connectivity index (χ1v) is 7.22. The molecular formula is C16H26N2O2. The average molecular weight is 278 g/mol. The molecule has 2 unspecified atom stereocenters. The Hall–Kier alpha value is -1.39. The van der Waals surface area contributed by atoms with E-state index in [1.165, 1.54) is 0 Å². The average Bonchev–Trinajstić information content (AvgIpc) is 2.39. The molecule has 1 rings (SSSR count). The number of aliphatic hydroxyl groups is 1. The second-order valence-electron chi connectivity index (χ2n) is 5.49. The van der Waals surface area contributed by atoms with Crippen LogP contribution in [0, 0.1) is 12.8 Å². The molecule has 1 aromatic rings. The van der Waals surface area contributed by atoms with E-state index < -0.39 is 0 Å². The van der Waals surface area contributed by atoms with Gasteiger partial charge in [0.25, 0.3) is 0 Å². The van der Waals surface area contributed by atoms with E-state index in [0.29, 0.717) is 12.3 Å². The molecule has 20 heavy (non-hydrogen) atoms. The van der Waals surface area contributed by atoms with Gasteiger partial charge in [-0.2, -0.15) is 0 Å². The normalized spacial score (nSPS) is 13.8. The molecule has 0 radical (unpaired) electrons. The minimum Gasteiger partial charge on any atom is -0.396 e. The lowest BCUT2D eigenvalue weighted by Gasteiger charge is -2.17. The SMILES string of the molecule is Cc1ccccc1NC(=O)CC(C)NCC(C)CCO. The number of carbonyl (C=O) groups excluding carboxylic acids is 1. The zero-order chi connectivity index (χ0) is 15.0. The van der Waals surface area contributed by atoms with Gasteiger partial charge < -0.3 is 15.7 Å². The molecule has 112 valence electrons. The number of aryl methyl sites for hydroxylation is 1. The number of carbonyl (C=O) groups is 1. The maximum absolute atomic E-state index is 12.0. The molecule has 0 aliphatic rings. The third-order valence-corrected chi connectivity index (χ3v) is 3.35. The van der Waals surface area contributed by atoms with Crippen LogP contribution in [0.25, 0.3) is 0 Å². The van der Waals surface area contributed by atoms with Crippen molar-refractivity contribution in [3.63, 3.8) is 0 Å². The van der Waals surface area contributed by atoms with Crippen LogP contribution in [0.4, 0.5) is 5.69 Å². The maximum atomic E-state index is 12.0. The Kier molecular flexibility index (Phi) is 7.26. The van der Waals surface area contributed by atoms with Crippen molar-refractivity contribution in [2.24, 2.45) is 5.92 Å². The Morgan fingerprint density at radius 3 is 2.65 bits per heavy atom. The van der Waals surface area contributed by atoms with Crippen LogP contribution in [0.15, 0.2) is 24.3 Å². The van der Waals surface area contributed by atoms with E-state index in [1.54, 1.807) is 0 Å². The third kappa shape index (κ3) is 6.17. The van der Waals surface area contributed by atoms with Crippen molar-refractivity contribution in [1.82, 2.24) is 5.32 Å². The number of anilines is 1. The van der Waals surface area contributed by atoms with Crippen LogP contribution in [-0.2, 0) is 4.79 Å². The molecular weight excluding hydrogens is 252 g/mol. The van der Waals surface area contributed by atoms with Crippen LogP contribution < -0.4 is 10.6 Å². The van der Waals surface area contributed by atoms with Crippen molar-refractivity contribution in [3.8, 4) is 0 Å². The van der Waals surface area contributed by atoms with Crippen molar-refractivity contribution in [2.45, 2.75) is 39.7 Å². The molecule has 0 saturated heterocycles. The van der Waals surface area contributed by atoms with Crippen LogP contribution in [-0.4, -0.2) is 30.2 Å². The summed E-state index contributed by atoms with van der Waals surface area (Å²) in [6.45, 7) is 7.10. The number of para-hydroxylation sites is 1. The summed E-state index contributed by atoms with van der Waals surface area (Å²) in [6, 6.07) is 7.89. The predicted octanol–water partition coefficient (Wildman–Crippen LogP) is 2.32. The van der Waals surface area contributed by atoms with Gasteiger partial charge in [-0.25, -0.2) is 0 Å². The Balaban J connectivity index is 2.33. The molecule has 4 nitrogen and oxygen atoms in total. The lowest BCUT2D eigenvalue weighted by molar-refractivity contribution is -0.116. The summed E-state index contributed by atoms with van der Waals surface area (Å²) in [4.78, 5) is 12.0. The van der Waals surface area contributed by atoms with Gasteiger partial charge >= 0.3 is 0 Å². The molecule has 2 atom stereocenters. The molecule has 0 spiro atoms. The molecule has 0 aliphatic heterocycles. The van der Waals surface area contributed by atoms with E-state index in [1.807, 2.05) is 38.1 Å².